The van der Waals surface area contributed by atoms with Crippen LogP contribution in [0.2, 0.25) is 0 Å². The molecular formula is C14H23N5O2S2. The molecule has 0 atom stereocenters. The zero-order chi connectivity index (χ0) is 16.5. The number of nitrogens with zero attached hydrogens (tertiary/aromatic N) is 3. The summed E-state index contributed by atoms with van der Waals surface area (Å²) < 4.78 is 26.1. The Hall–Kier alpha value is -1.32. The molecule has 128 valence electrons. The molecule has 2 N–H and O–H groups in total. The first-order chi connectivity index (χ1) is 11.1. The van der Waals surface area contributed by atoms with Crippen molar-refractivity contribution < 1.29 is 8.42 Å². The third-order valence-electron chi connectivity index (χ3n) is 3.40. The number of sulfonamides is 1. The molecule has 0 aromatic carbocycles. The van der Waals surface area contributed by atoms with E-state index in [1.165, 1.54) is 0 Å². The molecule has 0 bridgehead atoms. The van der Waals surface area contributed by atoms with Crippen molar-refractivity contribution >= 4 is 27.7 Å². The maximum absolute atomic E-state index is 12.2. The van der Waals surface area contributed by atoms with Crippen LogP contribution in [0.25, 0.3) is 0 Å². The number of guanidine groups is 1. The molecule has 0 saturated carbocycles. The van der Waals surface area contributed by atoms with Gasteiger partial charge in [-0.25, -0.2) is 12.7 Å². The van der Waals surface area contributed by atoms with Crippen molar-refractivity contribution in [3.63, 3.8) is 0 Å². The Bertz CT molecular complexity index is 601. The van der Waals surface area contributed by atoms with Gasteiger partial charge in [-0.05, 0) is 12.1 Å². The molecular weight excluding hydrogens is 334 g/mol. The molecule has 0 unspecified atom stereocenters. The Morgan fingerprint density at radius 1 is 1.35 bits per heavy atom. The molecule has 1 aromatic rings. The van der Waals surface area contributed by atoms with Crippen molar-refractivity contribution in [2.45, 2.75) is 6.54 Å². The third-order valence-corrected chi connectivity index (χ3v) is 6.22. The first-order valence-electron chi connectivity index (χ1n) is 7.52. The summed E-state index contributed by atoms with van der Waals surface area (Å²) in [4.78, 5) is 8.31. The van der Waals surface area contributed by atoms with Gasteiger partial charge < -0.3 is 10.6 Å². The molecule has 1 aliphatic heterocycles. The molecule has 0 amide bonds. The summed E-state index contributed by atoms with van der Waals surface area (Å²) in [6, 6.07) is 5.70. The van der Waals surface area contributed by atoms with E-state index in [0.29, 0.717) is 32.1 Å². The van der Waals surface area contributed by atoms with Crippen molar-refractivity contribution in [1.29, 1.82) is 0 Å². The van der Waals surface area contributed by atoms with Crippen LogP contribution in [-0.4, -0.2) is 67.6 Å². The fraction of sp³-hybridized carbons (Fsp3) is 0.571. The maximum Gasteiger partial charge on any atom is 0.215 e. The van der Waals surface area contributed by atoms with Crippen LogP contribution in [-0.2, 0) is 16.6 Å². The molecule has 0 spiro atoms. The van der Waals surface area contributed by atoms with Crippen molar-refractivity contribution in [2.75, 3.05) is 43.9 Å². The van der Waals surface area contributed by atoms with Crippen LogP contribution in [0.15, 0.2) is 29.4 Å². The van der Waals surface area contributed by atoms with Crippen LogP contribution in [0.5, 0.6) is 0 Å². The molecule has 2 rings (SSSR count). The number of hydrogen-bond donors (Lipinski definition) is 2. The number of nitrogens with one attached hydrogen (secondary N) is 2. The van der Waals surface area contributed by atoms with Gasteiger partial charge in [0.1, 0.15) is 0 Å². The Morgan fingerprint density at radius 2 is 2.13 bits per heavy atom. The lowest BCUT2D eigenvalue weighted by molar-refractivity contribution is 0.443. The largest absolute Gasteiger partial charge is 0.355 e. The lowest BCUT2D eigenvalue weighted by atomic mass is 10.3. The highest BCUT2D eigenvalue weighted by atomic mass is 32.2. The fourth-order valence-electron chi connectivity index (χ4n) is 2.15. The second-order valence-electron chi connectivity index (χ2n) is 5.00. The molecule has 1 fully saturated rings. The van der Waals surface area contributed by atoms with E-state index >= 15 is 0 Å². The number of pyridine rings is 1. The summed E-state index contributed by atoms with van der Waals surface area (Å²) in [5.74, 6) is 2.39. The molecule has 1 saturated heterocycles. The van der Waals surface area contributed by atoms with Gasteiger partial charge in [-0.15, -0.1) is 0 Å². The normalized spacial score (nSPS) is 17.0. The highest BCUT2D eigenvalue weighted by Crippen LogP contribution is 2.12. The van der Waals surface area contributed by atoms with E-state index in [2.05, 4.69) is 20.6 Å². The first kappa shape index (κ1) is 18.0. The molecule has 0 aliphatic carbocycles. The SMILES string of the molecule is CN=C(NCCS(=O)(=O)N1CCSCC1)NCc1ccccn1. The van der Waals surface area contributed by atoms with Crippen LogP contribution in [0.1, 0.15) is 5.69 Å². The van der Waals surface area contributed by atoms with Crippen LogP contribution in [0, 0.1) is 0 Å². The molecule has 9 heteroatoms. The van der Waals surface area contributed by atoms with Gasteiger partial charge >= 0.3 is 0 Å². The van der Waals surface area contributed by atoms with Gasteiger partial charge in [0.2, 0.25) is 10.0 Å². The van der Waals surface area contributed by atoms with Gasteiger partial charge in [-0.3, -0.25) is 9.98 Å². The van der Waals surface area contributed by atoms with E-state index < -0.39 is 10.0 Å². The smallest absolute Gasteiger partial charge is 0.215 e. The molecule has 23 heavy (non-hydrogen) atoms. The predicted molar refractivity (Wildman–Crippen MR) is 95.1 cm³/mol. The quantitative estimate of drug-likeness (QED) is 0.556. The second-order valence-corrected chi connectivity index (χ2v) is 8.31. The Balaban J connectivity index is 1.75. The minimum atomic E-state index is -3.19. The summed E-state index contributed by atoms with van der Waals surface area (Å²) in [5.41, 5.74) is 0.897. The Kier molecular flexibility index (Phi) is 7.13. The summed E-state index contributed by atoms with van der Waals surface area (Å²) in [6.07, 6.45) is 1.73. The minimum absolute atomic E-state index is 0.0714. The van der Waals surface area contributed by atoms with Gasteiger partial charge in [0, 0.05) is 44.4 Å². The van der Waals surface area contributed by atoms with E-state index in [-0.39, 0.29) is 5.75 Å². The lowest BCUT2D eigenvalue weighted by Gasteiger charge is -2.25. The number of hydrogen-bond acceptors (Lipinski definition) is 5. The third kappa shape index (κ3) is 6.00. The minimum Gasteiger partial charge on any atom is -0.355 e. The van der Waals surface area contributed by atoms with Crippen LogP contribution in [0.3, 0.4) is 0 Å². The van der Waals surface area contributed by atoms with Crippen molar-refractivity contribution in [2.24, 2.45) is 4.99 Å². The average molecular weight is 358 g/mol. The van der Waals surface area contributed by atoms with Crippen molar-refractivity contribution in [1.82, 2.24) is 19.9 Å². The van der Waals surface area contributed by atoms with E-state index in [1.807, 2.05) is 18.2 Å². The highest BCUT2D eigenvalue weighted by Gasteiger charge is 2.23. The number of aliphatic imine (C=N–C) groups is 1. The molecule has 1 aliphatic rings. The zero-order valence-corrected chi connectivity index (χ0v) is 14.9. The van der Waals surface area contributed by atoms with E-state index in [9.17, 15) is 8.42 Å². The van der Waals surface area contributed by atoms with Gasteiger partial charge in [-0.2, -0.15) is 11.8 Å². The first-order valence-corrected chi connectivity index (χ1v) is 10.3. The topological polar surface area (TPSA) is 86.7 Å². The molecule has 2 heterocycles. The number of rotatable bonds is 6. The van der Waals surface area contributed by atoms with E-state index in [0.717, 1.165) is 17.2 Å². The maximum atomic E-state index is 12.2. The van der Waals surface area contributed by atoms with Gasteiger partial charge in [-0.1, -0.05) is 6.07 Å². The van der Waals surface area contributed by atoms with E-state index in [4.69, 9.17) is 0 Å². The summed E-state index contributed by atoms with van der Waals surface area (Å²) >= 11 is 1.79. The number of aromatic nitrogens is 1. The summed E-state index contributed by atoms with van der Waals surface area (Å²) in [7, 11) is -1.54. The average Bonchev–Trinajstić information content (AvgIpc) is 2.59. The van der Waals surface area contributed by atoms with Gasteiger partial charge in [0.25, 0.3) is 0 Å². The van der Waals surface area contributed by atoms with Crippen LogP contribution < -0.4 is 10.6 Å². The standard InChI is InChI=1S/C14H23N5O2S2/c1-15-14(18-12-13-4-2-3-5-16-13)17-6-11-23(20,21)19-7-9-22-10-8-19/h2-5H,6-12H2,1H3,(H2,15,17,18). The Labute approximate surface area is 142 Å². The predicted octanol–water partition coefficient (Wildman–Crippen LogP) is 0.125. The fourth-order valence-corrected chi connectivity index (χ4v) is 4.64. The Morgan fingerprint density at radius 3 is 2.78 bits per heavy atom. The summed E-state index contributed by atoms with van der Waals surface area (Å²) in [5, 5.41) is 6.15. The van der Waals surface area contributed by atoms with Crippen LogP contribution >= 0.6 is 11.8 Å². The monoisotopic (exact) mass is 357 g/mol. The van der Waals surface area contributed by atoms with Crippen molar-refractivity contribution in [3.05, 3.63) is 30.1 Å². The highest BCUT2D eigenvalue weighted by molar-refractivity contribution is 7.99. The molecule has 1 aromatic heterocycles. The number of thioether (sulfide) groups is 1. The summed E-state index contributed by atoms with van der Waals surface area (Å²) in [6.45, 7) is 2.09. The second kappa shape index (κ2) is 9.09. The van der Waals surface area contributed by atoms with Crippen LogP contribution in [0.4, 0.5) is 0 Å². The van der Waals surface area contributed by atoms with E-state index in [1.54, 1.807) is 29.3 Å². The molecule has 0 radical (unpaired) electrons. The van der Waals surface area contributed by atoms with Crippen molar-refractivity contribution in [3.8, 4) is 0 Å². The van der Waals surface area contributed by atoms with Gasteiger partial charge in [0.05, 0.1) is 18.0 Å². The molecule has 7 nitrogen and oxygen atoms in total. The van der Waals surface area contributed by atoms with Gasteiger partial charge in [0.15, 0.2) is 5.96 Å². The zero-order valence-electron chi connectivity index (χ0n) is 13.2. The lowest BCUT2D eigenvalue weighted by Crippen LogP contribution is -2.44.